The van der Waals surface area contributed by atoms with E-state index >= 15 is 0 Å². The lowest BCUT2D eigenvalue weighted by atomic mass is 9.94. The first-order chi connectivity index (χ1) is 11.9. The maximum atomic E-state index is 12.5. The molecular formula is C19H13NO4S. The molecule has 0 bridgehead atoms. The molecule has 0 radical (unpaired) electrons. The van der Waals surface area contributed by atoms with Crippen LogP contribution in [0.5, 0.6) is 5.75 Å². The number of hydrogen-bond acceptors (Lipinski definition) is 4. The first kappa shape index (κ1) is 15.5. The molecule has 0 unspecified atom stereocenters. The molecule has 1 heterocycles. The van der Waals surface area contributed by atoms with E-state index in [0.717, 1.165) is 6.26 Å². The Kier molecular flexibility index (Phi) is 3.27. The van der Waals surface area contributed by atoms with Crippen molar-refractivity contribution in [1.82, 2.24) is 0 Å². The van der Waals surface area contributed by atoms with Crippen molar-refractivity contribution in [3.8, 4) is 5.75 Å². The number of fused-ring (bicyclic) bond motifs is 2. The molecule has 0 atom stereocenters. The molecule has 5 nitrogen and oxygen atoms in total. The van der Waals surface area contributed by atoms with Crippen LogP contribution in [-0.2, 0) is 9.84 Å². The van der Waals surface area contributed by atoms with Gasteiger partial charge in [-0.05, 0) is 0 Å². The van der Waals surface area contributed by atoms with Gasteiger partial charge in [-0.3, -0.25) is 4.79 Å². The summed E-state index contributed by atoms with van der Waals surface area (Å²) < 4.78 is 24.8. The molecule has 3 aromatic rings. The van der Waals surface area contributed by atoms with Crippen molar-refractivity contribution in [3.63, 3.8) is 0 Å². The number of phenolic OH excluding ortho intramolecular Hbond substituents is 1. The van der Waals surface area contributed by atoms with Crippen molar-refractivity contribution in [3.05, 3.63) is 71.3 Å². The summed E-state index contributed by atoms with van der Waals surface area (Å²) in [7, 11) is -3.72. The Hall–Kier alpha value is -2.99. The van der Waals surface area contributed by atoms with Crippen LogP contribution in [0.1, 0.15) is 21.5 Å². The zero-order valence-electron chi connectivity index (χ0n) is 13.2. The van der Waals surface area contributed by atoms with Crippen LogP contribution < -0.4 is 0 Å². The topological polar surface area (TPSA) is 83.8 Å². The van der Waals surface area contributed by atoms with E-state index in [4.69, 9.17) is 0 Å². The van der Waals surface area contributed by atoms with Crippen molar-refractivity contribution >= 4 is 32.2 Å². The molecule has 6 heteroatoms. The van der Waals surface area contributed by atoms with Crippen LogP contribution in [-0.4, -0.2) is 31.4 Å². The lowest BCUT2D eigenvalue weighted by Crippen LogP contribution is -2.09. The average molecular weight is 351 g/mol. The molecule has 124 valence electrons. The number of rotatable bonds is 2. The zero-order chi connectivity index (χ0) is 17.8. The Bertz CT molecular complexity index is 1180. The molecule has 1 amide bonds. The largest absolute Gasteiger partial charge is 0.507 e. The number of carbonyl (C=O) groups excluding carboxylic acids is 1. The summed E-state index contributed by atoms with van der Waals surface area (Å²) in [4.78, 5) is 16.5. The molecule has 0 aromatic heterocycles. The van der Waals surface area contributed by atoms with Gasteiger partial charge in [0.1, 0.15) is 5.75 Å². The quantitative estimate of drug-likeness (QED) is 0.769. The number of amides is 1. The van der Waals surface area contributed by atoms with E-state index in [1.807, 2.05) is 6.07 Å². The standard InChI is InChI=1S/C19H13NO4S/c1-25(23,24)18-13-10-6-5-9-12(13)17(21)14-15(18)19(22)20-16(14)11-7-3-2-4-8-11/h2-10,21H,1H3. The monoisotopic (exact) mass is 351 g/mol. The second-order valence-electron chi connectivity index (χ2n) is 5.88. The molecule has 1 N–H and O–H groups in total. The highest BCUT2D eigenvalue weighted by Crippen LogP contribution is 2.42. The summed E-state index contributed by atoms with van der Waals surface area (Å²) in [5.74, 6) is -0.790. The van der Waals surface area contributed by atoms with Gasteiger partial charge in [-0.2, -0.15) is 0 Å². The van der Waals surface area contributed by atoms with Gasteiger partial charge in [0, 0.05) is 22.6 Å². The highest BCUT2D eigenvalue weighted by Gasteiger charge is 2.35. The summed E-state index contributed by atoms with van der Waals surface area (Å²) in [5, 5.41) is 11.5. The molecule has 25 heavy (non-hydrogen) atoms. The molecule has 0 fully saturated rings. The maximum Gasteiger partial charge on any atom is 0.279 e. The lowest BCUT2D eigenvalue weighted by Gasteiger charge is -2.14. The third-order valence-corrected chi connectivity index (χ3v) is 5.39. The predicted octanol–water partition coefficient (Wildman–Crippen LogP) is 2.94. The first-order valence-electron chi connectivity index (χ1n) is 7.56. The molecule has 1 aliphatic heterocycles. The number of phenols is 1. The summed E-state index contributed by atoms with van der Waals surface area (Å²) in [6.45, 7) is 0. The van der Waals surface area contributed by atoms with Crippen LogP contribution in [0, 0.1) is 0 Å². The SMILES string of the molecule is CS(=O)(=O)c1c2c(c(O)c3ccccc13)C(c1ccccc1)=NC2=O. The summed E-state index contributed by atoms with van der Waals surface area (Å²) >= 11 is 0. The Morgan fingerprint density at radius 3 is 2.12 bits per heavy atom. The number of hydrogen-bond donors (Lipinski definition) is 1. The van der Waals surface area contributed by atoms with Gasteiger partial charge in [0.25, 0.3) is 5.91 Å². The van der Waals surface area contributed by atoms with Gasteiger partial charge in [-0.15, -0.1) is 0 Å². The van der Waals surface area contributed by atoms with Gasteiger partial charge in [0.15, 0.2) is 9.84 Å². The van der Waals surface area contributed by atoms with E-state index in [1.165, 1.54) is 0 Å². The van der Waals surface area contributed by atoms with E-state index in [-0.39, 0.29) is 27.5 Å². The zero-order valence-corrected chi connectivity index (χ0v) is 14.0. The van der Waals surface area contributed by atoms with Gasteiger partial charge < -0.3 is 5.11 Å². The van der Waals surface area contributed by atoms with Gasteiger partial charge in [0.2, 0.25) is 0 Å². The molecule has 3 aromatic carbocycles. The minimum atomic E-state index is -3.72. The van der Waals surface area contributed by atoms with Crippen molar-refractivity contribution in [1.29, 1.82) is 0 Å². The Morgan fingerprint density at radius 2 is 1.48 bits per heavy atom. The van der Waals surface area contributed by atoms with Gasteiger partial charge in [-0.1, -0.05) is 54.6 Å². The molecule has 0 saturated heterocycles. The van der Waals surface area contributed by atoms with Crippen molar-refractivity contribution in [2.45, 2.75) is 4.90 Å². The second-order valence-corrected chi connectivity index (χ2v) is 7.83. The fourth-order valence-corrected chi connectivity index (χ4v) is 4.36. The van der Waals surface area contributed by atoms with Crippen LogP contribution in [0.25, 0.3) is 10.8 Å². The van der Waals surface area contributed by atoms with Gasteiger partial charge in [-0.25, -0.2) is 13.4 Å². The van der Waals surface area contributed by atoms with Crippen LogP contribution in [0.2, 0.25) is 0 Å². The Morgan fingerprint density at radius 1 is 0.880 bits per heavy atom. The number of aliphatic imine (C=N–C) groups is 1. The van der Waals surface area contributed by atoms with Crippen molar-refractivity contribution in [2.24, 2.45) is 4.99 Å². The Labute approximate surface area is 144 Å². The van der Waals surface area contributed by atoms with Crippen LogP contribution in [0.4, 0.5) is 0 Å². The van der Waals surface area contributed by atoms with E-state index in [2.05, 4.69) is 4.99 Å². The van der Waals surface area contributed by atoms with Gasteiger partial charge in [0.05, 0.1) is 21.7 Å². The first-order valence-corrected chi connectivity index (χ1v) is 9.45. The summed E-state index contributed by atoms with van der Waals surface area (Å²) in [6, 6.07) is 15.5. The molecule has 0 spiro atoms. The van der Waals surface area contributed by atoms with E-state index in [1.54, 1.807) is 48.5 Å². The molecule has 4 rings (SSSR count). The van der Waals surface area contributed by atoms with E-state index in [0.29, 0.717) is 16.3 Å². The number of benzene rings is 3. The maximum absolute atomic E-state index is 12.5. The smallest absolute Gasteiger partial charge is 0.279 e. The van der Waals surface area contributed by atoms with Gasteiger partial charge >= 0.3 is 0 Å². The van der Waals surface area contributed by atoms with E-state index in [9.17, 15) is 18.3 Å². The fourth-order valence-electron chi connectivity index (χ4n) is 3.23. The number of nitrogens with zero attached hydrogens (tertiary/aromatic N) is 1. The summed E-state index contributed by atoms with van der Waals surface area (Å²) in [5.41, 5.74) is 1.04. The van der Waals surface area contributed by atoms with Crippen LogP contribution in [0.3, 0.4) is 0 Å². The molecular weight excluding hydrogens is 338 g/mol. The molecule has 0 aliphatic carbocycles. The summed E-state index contributed by atoms with van der Waals surface area (Å²) in [6.07, 6.45) is 1.06. The normalized spacial score (nSPS) is 13.8. The second kappa shape index (κ2) is 5.26. The highest BCUT2D eigenvalue weighted by molar-refractivity contribution is 7.91. The number of sulfone groups is 1. The van der Waals surface area contributed by atoms with E-state index < -0.39 is 15.7 Å². The minimum Gasteiger partial charge on any atom is -0.507 e. The van der Waals surface area contributed by atoms with Crippen LogP contribution >= 0.6 is 0 Å². The third kappa shape index (κ3) is 2.26. The lowest BCUT2D eigenvalue weighted by molar-refractivity contribution is 0.100. The average Bonchev–Trinajstić information content (AvgIpc) is 2.93. The van der Waals surface area contributed by atoms with Crippen LogP contribution in [0.15, 0.2) is 64.5 Å². The van der Waals surface area contributed by atoms with Crippen molar-refractivity contribution < 1.29 is 18.3 Å². The third-order valence-electron chi connectivity index (χ3n) is 4.22. The highest BCUT2D eigenvalue weighted by atomic mass is 32.2. The molecule has 0 saturated carbocycles. The number of aromatic hydroxyl groups is 1. The fraction of sp³-hybridized carbons (Fsp3) is 0.0526. The minimum absolute atomic E-state index is 0.0578. The number of carbonyl (C=O) groups is 1. The Balaban J connectivity index is 2.19. The van der Waals surface area contributed by atoms with Crippen molar-refractivity contribution in [2.75, 3.05) is 6.26 Å². The predicted molar refractivity (Wildman–Crippen MR) is 95.1 cm³/mol. The molecule has 1 aliphatic rings.